The molecule has 1 atom stereocenters. The van der Waals surface area contributed by atoms with Gasteiger partial charge in [-0.1, -0.05) is 34.6 Å². The first kappa shape index (κ1) is 14.5. The maximum Gasteiger partial charge on any atom is 0.225 e. The number of hydrogen-bond acceptors (Lipinski definition) is 2. The smallest absolute Gasteiger partial charge is 0.225 e. The van der Waals surface area contributed by atoms with Crippen molar-refractivity contribution in [3.8, 4) is 0 Å². The van der Waals surface area contributed by atoms with E-state index in [1.54, 1.807) is 0 Å². The van der Waals surface area contributed by atoms with Gasteiger partial charge in [0, 0.05) is 24.5 Å². The van der Waals surface area contributed by atoms with E-state index in [0.29, 0.717) is 12.0 Å². The van der Waals surface area contributed by atoms with Gasteiger partial charge >= 0.3 is 0 Å². The topological polar surface area (TPSA) is 32.3 Å². The Balaban J connectivity index is 2.42. The van der Waals surface area contributed by atoms with Gasteiger partial charge in [-0.2, -0.15) is 0 Å². The molecule has 1 aliphatic heterocycles. The maximum atomic E-state index is 11.9. The third kappa shape index (κ3) is 5.07. The Bertz CT molecular complexity index is 255. The van der Waals surface area contributed by atoms with Gasteiger partial charge in [0.2, 0.25) is 5.91 Å². The summed E-state index contributed by atoms with van der Waals surface area (Å²) in [5, 5.41) is 3.18. The molecule has 1 unspecified atom stereocenters. The highest BCUT2D eigenvalue weighted by Gasteiger charge is 2.26. The van der Waals surface area contributed by atoms with E-state index in [4.69, 9.17) is 0 Å². The summed E-state index contributed by atoms with van der Waals surface area (Å²) in [4.78, 5) is 14.4. The standard InChI is InChI=1S/C14H28N2O/c1-11(2)9-16-8-6-7-12(10-16)15-13(17)14(3,4)5/h11-12H,6-10H2,1-5H3,(H,15,17). The first-order valence-electron chi connectivity index (χ1n) is 6.82. The van der Waals surface area contributed by atoms with Crippen molar-refractivity contribution in [1.82, 2.24) is 10.2 Å². The van der Waals surface area contributed by atoms with Crippen LogP contribution in [-0.2, 0) is 4.79 Å². The number of carbonyl (C=O) groups excluding carboxylic acids is 1. The predicted octanol–water partition coefficient (Wildman–Crippen LogP) is 2.27. The van der Waals surface area contributed by atoms with Crippen LogP contribution in [0.2, 0.25) is 0 Å². The summed E-state index contributed by atoms with van der Waals surface area (Å²) in [7, 11) is 0. The molecule has 3 nitrogen and oxygen atoms in total. The monoisotopic (exact) mass is 240 g/mol. The fourth-order valence-corrected chi connectivity index (χ4v) is 2.26. The zero-order valence-electron chi connectivity index (χ0n) is 12.0. The van der Waals surface area contributed by atoms with Gasteiger partial charge in [-0.3, -0.25) is 4.79 Å². The van der Waals surface area contributed by atoms with Crippen molar-refractivity contribution in [3.05, 3.63) is 0 Å². The van der Waals surface area contributed by atoms with Gasteiger partial charge in [0.25, 0.3) is 0 Å². The third-order valence-corrected chi connectivity index (χ3v) is 3.15. The molecule has 1 rings (SSSR count). The molecule has 1 N–H and O–H groups in total. The van der Waals surface area contributed by atoms with Gasteiger partial charge in [0.05, 0.1) is 0 Å². The van der Waals surface area contributed by atoms with Crippen LogP contribution in [-0.4, -0.2) is 36.5 Å². The van der Waals surface area contributed by atoms with Gasteiger partial charge in [-0.05, 0) is 25.3 Å². The fourth-order valence-electron chi connectivity index (χ4n) is 2.26. The fraction of sp³-hybridized carbons (Fsp3) is 0.929. The van der Waals surface area contributed by atoms with E-state index in [2.05, 4.69) is 24.1 Å². The number of likely N-dealkylation sites (tertiary alicyclic amines) is 1. The molecule has 0 aromatic carbocycles. The molecule has 100 valence electrons. The zero-order chi connectivity index (χ0) is 13.1. The molecule has 0 bridgehead atoms. The van der Waals surface area contributed by atoms with Crippen LogP contribution in [0.25, 0.3) is 0 Å². The van der Waals surface area contributed by atoms with Crippen LogP contribution in [0.3, 0.4) is 0 Å². The van der Waals surface area contributed by atoms with Gasteiger partial charge < -0.3 is 10.2 Å². The highest BCUT2D eigenvalue weighted by molar-refractivity contribution is 5.81. The third-order valence-electron chi connectivity index (χ3n) is 3.15. The Morgan fingerprint density at radius 2 is 2.06 bits per heavy atom. The molecule has 3 heteroatoms. The summed E-state index contributed by atoms with van der Waals surface area (Å²) in [6.45, 7) is 13.7. The Kier molecular flexibility index (Phi) is 4.99. The molecule has 0 aromatic rings. The lowest BCUT2D eigenvalue weighted by molar-refractivity contribution is -0.129. The van der Waals surface area contributed by atoms with E-state index in [9.17, 15) is 4.79 Å². The lowest BCUT2D eigenvalue weighted by Crippen LogP contribution is -2.50. The molecular formula is C14H28N2O. The van der Waals surface area contributed by atoms with Crippen LogP contribution in [0.5, 0.6) is 0 Å². The summed E-state index contributed by atoms with van der Waals surface area (Å²) in [6, 6.07) is 0.342. The Morgan fingerprint density at radius 1 is 1.41 bits per heavy atom. The minimum Gasteiger partial charge on any atom is -0.352 e. The van der Waals surface area contributed by atoms with Crippen molar-refractivity contribution < 1.29 is 4.79 Å². The minimum atomic E-state index is -0.277. The second kappa shape index (κ2) is 5.85. The first-order chi connectivity index (χ1) is 7.79. The van der Waals surface area contributed by atoms with E-state index >= 15 is 0 Å². The highest BCUT2D eigenvalue weighted by Crippen LogP contribution is 2.16. The molecule has 1 amide bonds. The lowest BCUT2D eigenvalue weighted by atomic mass is 9.94. The number of nitrogens with zero attached hydrogens (tertiary/aromatic N) is 1. The lowest BCUT2D eigenvalue weighted by Gasteiger charge is -2.35. The summed E-state index contributed by atoms with van der Waals surface area (Å²) in [6.07, 6.45) is 2.32. The van der Waals surface area contributed by atoms with E-state index in [0.717, 1.165) is 19.5 Å². The molecule has 0 radical (unpaired) electrons. The molecule has 0 aliphatic carbocycles. The van der Waals surface area contributed by atoms with E-state index in [1.165, 1.54) is 13.0 Å². The number of hydrogen-bond donors (Lipinski definition) is 1. The van der Waals surface area contributed by atoms with Crippen LogP contribution < -0.4 is 5.32 Å². The van der Waals surface area contributed by atoms with Crippen molar-refractivity contribution >= 4 is 5.91 Å². The van der Waals surface area contributed by atoms with Crippen molar-refractivity contribution in [2.45, 2.75) is 53.5 Å². The molecule has 1 fully saturated rings. The van der Waals surface area contributed by atoms with Crippen molar-refractivity contribution in [2.75, 3.05) is 19.6 Å². The molecule has 0 spiro atoms. The summed E-state index contributed by atoms with van der Waals surface area (Å²) in [5.41, 5.74) is -0.277. The number of piperidine rings is 1. The number of amides is 1. The molecule has 0 aromatic heterocycles. The molecular weight excluding hydrogens is 212 g/mol. The second-order valence-electron chi connectivity index (χ2n) is 6.72. The normalized spacial score (nSPS) is 22.8. The number of carbonyl (C=O) groups is 1. The van der Waals surface area contributed by atoms with Crippen LogP contribution in [0, 0.1) is 11.3 Å². The second-order valence-corrected chi connectivity index (χ2v) is 6.72. The molecule has 1 saturated heterocycles. The Morgan fingerprint density at radius 3 is 2.59 bits per heavy atom. The van der Waals surface area contributed by atoms with E-state index in [-0.39, 0.29) is 11.3 Å². The number of nitrogens with one attached hydrogen (secondary N) is 1. The van der Waals surface area contributed by atoms with Crippen LogP contribution in [0.15, 0.2) is 0 Å². The molecule has 1 aliphatic rings. The van der Waals surface area contributed by atoms with E-state index < -0.39 is 0 Å². The van der Waals surface area contributed by atoms with Gasteiger partial charge in [0.15, 0.2) is 0 Å². The number of rotatable bonds is 3. The van der Waals surface area contributed by atoms with Gasteiger partial charge in [-0.15, -0.1) is 0 Å². The summed E-state index contributed by atoms with van der Waals surface area (Å²) >= 11 is 0. The van der Waals surface area contributed by atoms with Gasteiger partial charge in [-0.25, -0.2) is 0 Å². The summed E-state index contributed by atoms with van der Waals surface area (Å²) in [5.74, 6) is 0.876. The highest BCUT2D eigenvalue weighted by atomic mass is 16.2. The first-order valence-corrected chi connectivity index (χ1v) is 6.82. The van der Waals surface area contributed by atoms with E-state index in [1.807, 2.05) is 20.8 Å². The quantitative estimate of drug-likeness (QED) is 0.821. The molecule has 17 heavy (non-hydrogen) atoms. The average molecular weight is 240 g/mol. The minimum absolute atomic E-state index is 0.175. The van der Waals surface area contributed by atoms with Crippen molar-refractivity contribution in [1.29, 1.82) is 0 Å². The van der Waals surface area contributed by atoms with Crippen molar-refractivity contribution in [2.24, 2.45) is 11.3 Å². The largest absolute Gasteiger partial charge is 0.352 e. The van der Waals surface area contributed by atoms with Crippen LogP contribution in [0.4, 0.5) is 0 Å². The molecule has 1 heterocycles. The molecule has 0 saturated carbocycles. The van der Waals surface area contributed by atoms with Crippen LogP contribution >= 0.6 is 0 Å². The van der Waals surface area contributed by atoms with Crippen molar-refractivity contribution in [3.63, 3.8) is 0 Å². The maximum absolute atomic E-state index is 11.9. The zero-order valence-corrected chi connectivity index (χ0v) is 12.0. The SMILES string of the molecule is CC(C)CN1CCCC(NC(=O)C(C)(C)C)C1. The summed E-state index contributed by atoms with van der Waals surface area (Å²) < 4.78 is 0. The predicted molar refractivity (Wildman–Crippen MR) is 71.9 cm³/mol. The van der Waals surface area contributed by atoms with Crippen LogP contribution in [0.1, 0.15) is 47.5 Å². The average Bonchev–Trinajstić information content (AvgIpc) is 2.15. The Labute approximate surface area is 106 Å². The van der Waals surface area contributed by atoms with Gasteiger partial charge in [0.1, 0.15) is 0 Å². The Hall–Kier alpha value is -0.570.